The molecule has 0 spiro atoms. The van der Waals surface area contributed by atoms with Crippen molar-refractivity contribution in [1.82, 2.24) is 9.97 Å². The quantitative estimate of drug-likeness (QED) is 0.312. The molecular formula is C32H53N5O. The predicted octanol–water partition coefficient (Wildman–Crippen LogP) is 7.15. The molecule has 1 heterocycles. The van der Waals surface area contributed by atoms with Gasteiger partial charge in [-0.2, -0.15) is 9.97 Å². The number of ether oxygens (including phenoxy) is 1. The summed E-state index contributed by atoms with van der Waals surface area (Å²) in [5.41, 5.74) is 20.9. The van der Waals surface area contributed by atoms with Gasteiger partial charge < -0.3 is 21.9 Å². The van der Waals surface area contributed by atoms with Crippen LogP contribution in [0.15, 0.2) is 11.6 Å². The molecule has 0 amide bonds. The molecule has 1 aromatic rings. The first-order valence-electron chi connectivity index (χ1n) is 15.5. The molecule has 5 rings (SSSR count). The van der Waals surface area contributed by atoms with Gasteiger partial charge in [-0.05, 0) is 97.7 Å². The van der Waals surface area contributed by atoms with Gasteiger partial charge in [-0.15, -0.1) is 0 Å². The van der Waals surface area contributed by atoms with E-state index in [1.807, 2.05) is 0 Å². The summed E-state index contributed by atoms with van der Waals surface area (Å²) >= 11 is 0. The molecule has 6 heteroatoms. The van der Waals surface area contributed by atoms with E-state index in [4.69, 9.17) is 21.9 Å². The highest BCUT2D eigenvalue weighted by atomic mass is 16.5. The fourth-order valence-electron chi connectivity index (χ4n) is 9.68. The Morgan fingerprint density at radius 2 is 1.68 bits per heavy atom. The van der Waals surface area contributed by atoms with Crippen molar-refractivity contribution in [2.45, 2.75) is 118 Å². The van der Waals surface area contributed by atoms with Crippen LogP contribution in [-0.2, 0) is 11.3 Å². The molecule has 0 radical (unpaired) electrons. The summed E-state index contributed by atoms with van der Waals surface area (Å²) in [6.07, 6.45) is 17.4. The summed E-state index contributed by atoms with van der Waals surface area (Å²) in [7, 11) is 0. The molecule has 0 saturated heterocycles. The lowest BCUT2D eigenvalue weighted by molar-refractivity contribution is -0.0656. The average Bonchev–Trinajstić information content (AvgIpc) is 3.20. The molecule has 8 atom stereocenters. The number of hydrogen-bond donors (Lipinski definition) is 3. The Bertz CT molecular complexity index is 1020. The van der Waals surface area contributed by atoms with Crippen LogP contribution in [-0.4, -0.2) is 16.1 Å². The van der Waals surface area contributed by atoms with Gasteiger partial charge in [0.1, 0.15) is 11.6 Å². The Labute approximate surface area is 231 Å². The first-order chi connectivity index (χ1) is 18.0. The number of rotatable bonds is 8. The van der Waals surface area contributed by atoms with Crippen LogP contribution in [0.2, 0.25) is 0 Å². The predicted molar refractivity (Wildman–Crippen MR) is 157 cm³/mol. The molecule has 6 N–H and O–H groups in total. The molecule has 6 nitrogen and oxygen atoms in total. The summed E-state index contributed by atoms with van der Waals surface area (Å²) < 4.78 is 6.35. The lowest BCUT2D eigenvalue weighted by Gasteiger charge is -2.58. The molecule has 1 aromatic heterocycles. The Kier molecular flexibility index (Phi) is 7.76. The molecule has 0 aromatic carbocycles. The molecule has 0 bridgehead atoms. The first kappa shape index (κ1) is 27.7. The Hall–Kier alpha value is -1.82. The van der Waals surface area contributed by atoms with Crippen molar-refractivity contribution >= 4 is 17.6 Å². The van der Waals surface area contributed by atoms with Gasteiger partial charge in [-0.1, -0.05) is 65.5 Å². The van der Waals surface area contributed by atoms with Gasteiger partial charge in [0.2, 0.25) is 5.95 Å². The number of nitrogens with two attached hydrogens (primary N) is 3. The Balaban J connectivity index is 1.24. The number of fused-ring (bicyclic) bond motifs is 5. The molecule has 38 heavy (non-hydrogen) atoms. The monoisotopic (exact) mass is 523 g/mol. The van der Waals surface area contributed by atoms with E-state index in [0.717, 1.165) is 48.3 Å². The van der Waals surface area contributed by atoms with Crippen molar-refractivity contribution in [3.05, 3.63) is 17.2 Å². The summed E-state index contributed by atoms with van der Waals surface area (Å²) in [5, 5.41) is 0. The van der Waals surface area contributed by atoms with E-state index in [-0.39, 0.29) is 12.1 Å². The van der Waals surface area contributed by atoms with Crippen LogP contribution in [0.25, 0.3) is 0 Å². The molecular weight excluding hydrogens is 470 g/mol. The molecule has 8 unspecified atom stereocenters. The highest BCUT2D eigenvalue weighted by molar-refractivity contribution is 5.55. The molecule has 3 saturated carbocycles. The number of nitrogen functional groups attached to an aromatic ring is 3. The first-order valence-corrected chi connectivity index (χ1v) is 15.5. The van der Waals surface area contributed by atoms with E-state index in [2.05, 4.69) is 50.7 Å². The van der Waals surface area contributed by atoms with Gasteiger partial charge in [-0.3, -0.25) is 0 Å². The highest BCUT2D eigenvalue weighted by Gasteiger charge is 2.59. The molecule has 4 aliphatic carbocycles. The van der Waals surface area contributed by atoms with Crippen molar-refractivity contribution in [3.8, 4) is 0 Å². The van der Waals surface area contributed by atoms with E-state index in [1.54, 1.807) is 5.57 Å². The van der Waals surface area contributed by atoms with Gasteiger partial charge in [0.15, 0.2) is 0 Å². The largest absolute Gasteiger partial charge is 0.383 e. The summed E-state index contributed by atoms with van der Waals surface area (Å²) in [5.74, 6) is 5.96. The minimum Gasteiger partial charge on any atom is -0.383 e. The summed E-state index contributed by atoms with van der Waals surface area (Å²) in [6, 6.07) is 0. The van der Waals surface area contributed by atoms with Gasteiger partial charge in [0.25, 0.3) is 0 Å². The van der Waals surface area contributed by atoms with Crippen molar-refractivity contribution < 1.29 is 4.74 Å². The number of allylic oxidation sites excluding steroid dienone is 1. The molecule has 0 aliphatic heterocycles. The normalized spacial score (nSPS) is 37.3. The molecule has 212 valence electrons. The van der Waals surface area contributed by atoms with E-state index >= 15 is 0 Å². The smallest absolute Gasteiger partial charge is 0.223 e. The van der Waals surface area contributed by atoms with E-state index in [9.17, 15) is 0 Å². The summed E-state index contributed by atoms with van der Waals surface area (Å²) in [4.78, 5) is 8.12. The minimum atomic E-state index is 0.108. The maximum Gasteiger partial charge on any atom is 0.223 e. The number of hydrogen-bond acceptors (Lipinski definition) is 6. The van der Waals surface area contributed by atoms with E-state index in [1.165, 1.54) is 57.8 Å². The Morgan fingerprint density at radius 1 is 0.947 bits per heavy atom. The van der Waals surface area contributed by atoms with E-state index in [0.29, 0.717) is 34.6 Å². The van der Waals surface area contributed by atoms with Crippen LogP contribution in [0.5, 0.6) is 0 Å². The fourth-order valence-corrected chi connectivity index (χ4v) is 9.68. The third-order valence-corrected chi connectivity index (χ3v) is 11.8. The van der Waals surface area contributed by atoms with Gasteiger partial charge in [0.05, 0.1) is 18.3 Å². The maximum atomic E-state index is 6.35. The van der Waals surface area contributed by atoms with Crippen molar-refractivity contribution in [1.29, 1.82) is 0 Å². The maximum absolute atomic E-state index is 6.35. The number of nitrogens with zero attached hydrogens (tertiary/aromatic N) is 2. The minimum absolute atomic E-state index is 0.108. The topological polar surface area (TPSA) is 113 Å². The summed E-state index contributed by atoms with van der Waals surface area (Å²) in [6.45, 7) is 12.9. The van der Waals surface area contributed by atoms with Crippen LogP contribution in [0.4, 0.5) is 17.6 Å². The van der Waals surface area contributed by atoms with Gasteiger partial charge in [0, 0.05) is 0 Å². The van der Waals surface area contributed by atoms with Crippen molar-refractivity contribution in [2.24, 2.45) is 46.3 Å². The van der Waals surface area contributed by atoms with E-state index < -0.39 is 0 Å². The second kappa shape index (κ2) is 10.6. The van der Waals surface area contributed by atoms with Gasteiger partial charge in [-0.25, -0.2) is 0 Å². The third kappa shape index (κ3) is 4.95. The third-order valence-electron chi connectivity index (χ3n) is 11.8. The molecule has 4 aliphatic rings. The zero-order valence-electron chi connectivity index (χ0n) is 24.6. The lowest BCUT2D eigenvalue weighted by Crippen LogP contribution is -2.51. The van der Waals surface area contributed by atoms with Crippen LogP contribution in [0.1, 0.15) is 111 Å². The fraction of sp³-hybridized carbons (Fsp3) is 0.812. The number of anilines is 3. The average molecular weight is 524 g/mol. The second-order valence-electron chi connectivity index (χ2n) is 14.3. The second-order valence-corrected chi connectivity index (χ2v) is 14.3. The Morgan fingerprint density at radius 3 is 2.39 bits per heavy atom. The zero-order chi connectivity index (χ0) is 27.2. The highest BCUT2D eigenvalue weighted by Crippen LogP contribution is 2.67. The van der Waals surface area contributed by atoms with Crippen molar-refractivity contribution in [2.75, 3.05) is 17.2 Å². The van der Waals surface area contributed by atoms with Crippen molar-refractivity contribution in [3.63, 3.8) is 0 Å². The van der Waals surface area contributed by atoms with Crippen LogP contribution >= 0.6 is 0 Å². The van der Waals surface area contributed by atoms with Crippen LogP contribution in [0, 0.1) is 46.3 Å². The zero-order valence-corrected chi connectivity index (χ0v) is 24.6. The standard InChI is InChI=1S/C32H53N5O/c1-19(2)7-6-8-20(3)25-11-12-26-23-10-9-21-17-22(38-18-24-28(33)36-30(35)37-29(24)34)13-15-31(21,4)27(23)14-16-32(25,26)5/h9,19-20,22-23,25-27H,6-8,10-18H2,1-5H3,(H6,33,34,35,36,37). The SMILES string of the molecule is CC(C)CCCC(C)C1CCC2C3CC=C4CC(OCc5c(N)nc(N)nc5N)CCC4(C)C3CCC12C. The number of aromatic nitrogens is 2. The van der Waals surface area contributed by atoms with Crippen LogP contribution < -0.4 is 17.2 Å². The lowest BCUT2D eigenvalue weighted by atomic mass is 9.47. The van der Waals surface area contributed by atoms with Gasteiger partial charge >= 0.3 is 0 Å². The molecule has 3 fully saturated rings. The van der Waals surface area contributed by atoms with Crippen LogP contribution in [0.3, 0.4) is 0 Å².